The second-order valence-corrected chi connectivity index (χ2v) is 6.92. The molecule has 8 nitrogen and oxygen atoms in total. The van der Waals surface area contributed by atoms with Crippen LogP contribution < -0.4 is 25.0 Å². The van der Waals surface area contributed by atoms with E-state index in [1.165, 1.54) is 0 Å². The Bertz CT molecular complexity index is 931. The maximum absolute atomic E-state index is 12.4. The van der Waals surface area contributed by atoms with E-state index in [4.69, 9.17) is 9.47 Å². The van der Waals surface area contributed by atoms with Crippen molar-refractivity contribution in [3.05, 3.63) is 54.1 Å². The quantitative estimate of drug-likeness (QED) is 0.766. The first-order chi connectivity index (χ1) is 14.1. The minimum Gasteiger partial charge on any atom is -0.454 e. The molecule has 1 fully saturated rings. The van der Waals surface area contributed by atoms with Crippen LogP contribution in [-0.4, -0.2) is 37.6 Å². The topological polar surface area (TPSA) is 97.0 Å². The van der Waals surface area contributed by atoms with Gasteiger partial charge in [0.2, 0.25) is 24.5 Å². The molecular weight excluding hydrogens is 374 g/mol. The number of amides is 3. The number of fused-ring (bicyclic) bond motifs is 1. The van der Waals surface area contributed by atoms with Gasteiger partial charge in [0.05, 0.1) is 12.5 Å². The van der Waals surface area contributed by atoms with Gasteiger partial charge in [-0.05, 0) is 17.7 Å². The van der Waals surface area contributed by atoms with Crippen LogP contribution in [-0.2, 0) is 20.9 Å². The predicted molar refractivity (Wildman–Crippen MR) is 104 cm³/mol. The lowest BCUT2D eigenvalue weighted by Gasteiger charge is -2.17. The maximum atomic E-state index is 12.4. The van der Waals surface area contributed by atoms with E-state index in [2.05, 4.69) is 10.6 Å². The lowest BCUT2D eigenvalue weighted by atomic mass is 10.1. The molecule has 0 aliphatic carbocycles. The fourth-order valence-electron chi connectivity index (χ4n) is 3.36. The lowest BCUT2D eigenvalue weighted by molar-refractivity contribution is -0.129. The van der Waals surface area contributed by atoms with Crippen molar-refractivity contribution in [1.82, 2.24) is 10.6 Å². The van der Waals surface area contributed by atoms with Gasteiger partial charge in [0, 0.05) is 31.3 Å². The van der Waals surface area contributed by atoms with E-state index < -0.39 is 5.92 Å². The zero-order valence-electron chi connectivity index (χ0n) is 15.7. The highest BCUT2D eigenvalue weighted by atomic mass is 16.7. The summed E-state index contributed by atoms with van der Waals surface area (Å²) < 4.78 is 10.6. The molecule has 0 radical (unpaired) electrons. The molecule has 1 saturated heterocycles. The van der Waals surface area contributed by atoms with Crippen LogP contribution >= 0.6 is 0 Å². The lowest BCUT2D eigenvalue weighted by Crippen LogP contribution is -2.40. The molecule has 0 spiro atoms. The second kappa shape index (κ2) is 8.22. The number of hydrogen-bond donors (Lipinski definition) is 2. The highest BCUT2D eigenvalue weighted by Crippen LogP contribution is 2.37. The number of ether oxygens (including phenoxy) is 2. The summed E-state index contributed by atoms with van der Waals surface area (Å²) in [6.45, 7) is 0.690. The van der Waals surface area contributed by atoms with Crippen molar-refractivity contribution in [2.24, 2.45) is 5.92 Å². The average molecular weight is 395 g/mol. The van der Waals surface area contributed by atoms with Gasteiger partial charge >= 0.3 is 0 Å². The Morgan fingerprint density at radius 3 is 2.66 bits per heavy atom. The molecule has 0 bridgehead atoms. The third kappa shape index (κ3) is 4.31. The maximum Gasteiger partial charge on any atom is 0.239 e. The number of hydrogen-bond acceptors (Lipinski definition) is 5. The molecule has 4 rings (SSSR count). The third-order valence-corrected chi connectivity index (χ3v) is 4.92. The number of benzene rings is 2. The van der Waals surface area contributed by atoms with Gasteiger partial charge in [0.25, 0.3) is 0 Å². The normalized spacial score (nSPS) is 17.3. The first kappa shape index (κ1) is 18.8. The predicted octanol–water partition coefficient (Wildman–Crippen LogP) is 1.20. The monoisotopic (exact) mass is 395 g/mol. The molecule has 2 heterocycles. The number of nitrogens with one attached hydrogen (secondary N) is 2. The molecule has 150 valence electrons. The Morgan fingerprint density at radius 2 is 1.83 bits per heavy atom. The van der Waals surface area contributed by atoms with Crippen LogP contribution in [0, 0.1) is 5.92 Å². The van der Waals surface area contributed by atoms with Crippen LogP contribution in [0.4, 0.5) is 5.69 Å². The average Bonchev–Trinajstić information content (AvgIpc) is 3.37. The van der Waals surface area contributed by atoms with Crippen LogP contribution in [0.15, 0.2) is 48.5 Å². The first-order valence-corrected chi connectivity index (χ1v) is 9.38. The van der Waals surface area contributed by atoms with E-state index in [1.54, 1.807) is 23.1 Å². The van der Waals surface area contributed by atoms with Crippen LogP contribution in [0.3, 0.4) is 0 Å². The molecule has 0 aromatic heterocycles. The summed E-state index contributed by atoms with van der Waals surface area (Å²) in [5, 5.41) is 5.38. The smallest absolute Gasteiger partial charge is 0.239 e. The first-order valence-electron chi connectivity index (χ1n) is 9.38. The highest BCUT2D eigenvalue weighted by molar-refractivity contribution is 6.01. The van der Waals surface area contributed by atoms with Gasteiger partial charge in [-0.15, -0.1) is 0 Å². The zero-order chi connectivity index (χ0) is 20.2. The van der Waals surface area contributed by atoms with Crippen LogP contribution in [0.1, 0.15) is 12.0 Å². The molecule has 3 amide bonds. The molecule has 0 saturated carbocycles. The van der Waals surface area contributed by atoms with Crippen molar-refractivity contribution >= 4 is 23.4 Å². The number of rotatable bonds is 6. The van der Waals surface area contributed by atoms with Gasteiger partial charge in [-0.25, -0.2) is 0 Å². The molecule has 1 atom stereocenters. The molecule has 2 aliphatic rings. The van der Waals surface area contributed by atoms with Crippen molar-refractivity contribution in [1.29, 1.82) is 0 Å². The molecule has 2 N–H and O–H groups in total. The Hall–Kier alpha value is -3.55. The van der Waals surface area contributed by atoms with E-state index in [-0.39, 0.29) is 44.0 Å². The number of carbonyl (C=O) groups excluding carboxylic acids is 3. The van der Waals surface area contributed by atoms with Gasteiger partial charge in [0.1, 0.15) is 0 Å². The molecule has 1 unspecified atom stereocenters. The van der Waals surface area contributed by atoms with Crippen molar-refractivity contribution < 1.29 is 23.9 Å². The number of anilines is 1. The molecule has 29 heavy (non-hydrogen) atoms. The molecule has 2 aromatic carbocycles. The van der Waals surface area contributed by atoms with Crippen molar-refractivity contribution in [2.75, 3.05) is 24.8 Å². The summed E-state index contributed by atoms with van der Waals surface area (Å²) in [5.41, 5.74) is 1.64. The SMILES string of the molecule is O=C(CNC(=O)C1CC(=O)N(c2ccc3c(c2)OCO3)C1)NCc1ccccc1. The molecule has 8 heteroatoms. The van der Waals surface area contributed by atoms with E-state index in [9.17, 15) is 14.4 Å². The van der Waals surface area contributed by atoms with Gasteiger partial charge < -0.3 is 25.0 Å². The van der Waals surface area contributed by atoms with Gasteiger partial charge in [0.15, 0.2) is 11.5 Å². The summed E-state index contributed by atoms with van der Waals surface area (Å²) in [7, 11) is 0. The zero-order valence-corrected chi connectivity index (χ0v) is 15.7. The van der Waals surface area contributed by atoms with Crippen molar-refractivity contribution in [3.63, 3.8) is 0 Å². The minimum absolute atomic E-state index is 0.103. The Labute approximate surface area is 167 Å². The van der Waals surface area contributed by atoms with E-state index in [0.717, 1.165) is 5.56 Å². The van der Waals surface area contributed by atoms with Gasteiger partial charge in [-0.2, -0.15) is 0 Å². The summed E-state index contributed by atoms with van der Waals surface area (Å²) in [5.74, 6) is -0.0162. The van der Waals surface area contributed by atoms with Crippen molar-refractivity contribution in [2.45, 2.75) is 13.0 Å². The summed E-state index contributed by atoms with van der Waals surface area (Å²) >= 11 is 0. The largest absolute Gasteiger partial charge is 0.454 e. The number of carbonyl (C=O) groups is 3. The minimum atomic E-state index is -0.505. The van der Waals surface area contributed by atoms with Crippen LogP contribution in [0.2, 0.25) is 0 Å². The Kier molecular flexibility index (Phi) is 5.33. The fraction of sp³-hybridized carbons (Fsp3) is 0.286. The summed E-state index contributed by atoms with van der Waals surface area (Å²) in [6, 6.07) is 14.8. The highest BCUT2D eigenvalue weighted by Gasteiger charge is 2.35. The summed E-state index contributed by atoms with van der Waals surface area (Å²) in [6.07, 6.45) is 0.103. The van der Waals surface area contributed by atoms with E-state index in [1.807, 2.05) is 30.3 Å². The second-order valence-electron chi connectivity index (χ2n) is 6.92. The van der Waals surface area contributed by atoms with Gasteiger partial charge in [-0.3, -0.25) is 14.4 Å². The molecular formula is C21H21N3O5. The Balaban J connectivity index is 1.27. The van der Waals surface area contributed by atoms with E-state index >= 15 is 0 Å². The Morgan fingerprint density at radius 1 is 1.03 bits per heavy atom. The van der Waals surface area contributed by atoms with Crippen molar-refractivity contribution in [3.8, 4) is 11.5 Å². The molecule has 2 aliphatic heterocycles. The third-order valence-electron chi connectivity index (χ3n) is 4.92. The number of nitrogens with zero attached hydrogens (tertiary/aromatic N) is 1. The van der Waals surface area contributed by atoms with Crippen LogP contribution in [0.5, 0.6) is 11.5 Å². The van der Waals surface area contributed by atoms with Gasteiger partial charge in [-0.1, -0.05) is 30.3 Å². The summed E-state index contributed by atoms with van der Waals surface area (Å²) in [4.78, 5) is 38.3. The van der Waals surface area contributed by atoms with E-state index in [0.29, 0.717) is 23.7 Å². The van der Waals surface area contributed by atoms with Crippen LogP contribution in [0.25, 0.3) is 0 Å². The standard InChI is InChI=1S/C21H21N3O5/c25-19(22-10-14-4-2-1-3-5-14)11-23-21(27)15-8-20(26)24(12-15)16-6-7-17-18(9-16)29-13-28-17/h1-7,9,15H,8,10-13H2,(H,22,25)(H,23,27). The fourth-order valence-corrected chi connectivity index (χ4v) is 3.36. The molecule has 2 aromatic rings.